The van der Waals surface area contributed by atoms with E-state index in [4.69, 9.17) is 10.8 Å². The van der Waals surface area contributed by atoms with Crippen molar-refractivity contribution in [1.82, 2.24) is 0 Å². The number of hydrogen-bond donors (Lipinski definition) is 1. The maximum atomic E-state index is 9.58. The summed E-state index contributed by atoms with van der Waals surface area (Å²) in [5.74, 6) is 2.37. The first kappa shape index (κ1) is 22.2. The van der Waals surface area contributed by atoms with Crippen LogP contribution in [0.25, 0.3) is 0 Å². The van der Waals surface area contributed by atoms with Crippen LogP contribution in [0.3, 0.4) is 0 Å². The molecule has 0 amide bonds. The van der Waals surface area contributed by atoms with Crippen molar-refractivity contribution < 1.29 is 9.53 Å². The topological polar surface area (TPSA) is 29.5 Å². The Labute approximate surface area is 171 Å². The number of aliphatic hydroxyl groups excluding tert-OH is 1. The lowest BCUT2D eigenvalue weighted by molar-refractivity contribution is 0.222. The largest absolute Gasteiger partial charge is 0.404 e. The van der Waals surface area contributed by atoms with Crippen LogP contribution in [0.1, 0.15) is 40.5 Å². The summed E-state index contributed by atoms with van der Waals surface area (Å²) >= 11 is 0. The van der Waals surface area contributed by atoms with Crippen LogP contribution in [0.15, 0.2) is 72.3 Å². The minimum atomic E-state index is -2.49. The zero-order valence-electron chi connectivity index (χ0n) is 17.5. The van der Waals surface area contributed by atoms with Gasteiger partial charge >= 0.3 is 0 Å². The van der Waals surface area contributed by atoms with E-state index in [1.54, 1.807) is 0 Å². The van der Waals surface area contributed by atoms with Gasteiger partial charge in [0.25, 0.3) is 8.32 Å². The molecule has 0 bridgehead atoms. The van der Waals surface area contributed by atoms with Crippen molar-refractivity contribution in [3.05, 3.63) is 72.3 Å². The highest BCUT2D eigenvalue weighted by Crippen LogP contribution is 2.36. The van der Waals surface area contributed by atoms with Crippen LogP contribution in [0.4, 0.5) is 0 Å². The average Bonchev–Trinajstić information content (AvgIpc) is 2.69. The molecule has 0 unspecified atom stereocenters. The van der Waals surface area contributed by atoms with Gasteiger partial charge in [0, 0.05) is 0 Å². The molecule has 0 saturated carbocycles. The van der Waals surface area contributed by atoms with Gasteiger partial charge in [-0.25, -0.2) is 0 Å². The Hall–Kier alpha value is -2.12. The van der Waals surface area contributed by atoms with Gasteiger partial charge in [-0.05, 0) is 35.2 Å². The summed E-state index contributed by atoms with van der Waals surface area (Å²) in [4.78, 5) is 0. The molecular weight excluding hydrogens is 360 g/mol. The fraction of sp³-hybridized carbons (Fsp3) is 0.360. The molecule has 0 radical (unpaired) electrons. The molecule has 0 aromatic heterocycles. The summed E-state index contributed by atoms with van der Waals surface area (Å²) in [5, 5.41) is 12.1. The Morgan fingerprint density at radius 3 is 2.00 bits per heavy atom. The lowest BCUT2D eigenvalue weighted by Crippen LogP contribution is -2.66. The SMILES string of the molecule is C#C[C@@H](O)CC/C(C)=C/CO[Si](c1ccccc1)(c1ccccc1)C(C)(C)C. The third-order valence-corrected chi connectivity index (χ3v) is 10.2. The Bertz CT molecular complexity index is 758. The van der Waals surface area contributed by atoms with Gasteiger partial charge in [-0.1, -0.05) is 99.0 Å². The van der Waals surface area contributed by atoms with Crippen LogP contribution in [0.2, 0.25) is 5.04 Å². The number of rotatable bonds is 8. The molecular formula is C25H32O2Si. The number of allylic oxidation sites excluding steroid dienone is 1. The highest BCUT2D eigenvalue weighted by atomic mass is 28.4. The van der Waals surface area contributed by atoms with Crippen molar-refractivity contribution in [1.29, 1.82) is 0 Å². The zero-order chi connectivity index (χ0) is 20.6. The molecule has 2 nitrogen and oxygen atoms in total. The highest BCUT2D eigenvalue weighted by molar-refractivity contribution is 6.99. The Kier molecular flexibility index (Phi) is 7.83. The molecule has 2 aromatic carbocycles. The van der Waals surface area contributed by atoms with Gasteiger partial charge in [-0.15, -0.1) is 6.42 Å². The van der Waals surface area contributed by atoms with Gasteiger partial charge in [-0.2, -0.15) is 0 Å². The number of terminal acetylenes is 1. The number of benzene rings is 2. The third kappa shape index (κ3) is 5.23. The minimum absolute atomic E-state index is 0.0306. The van der Waals surface area contributed by atoms with Gasteiger partial charge in [-0.3, -0.25) is 0 Å². The van der Waals surface area contributed by atoms with E-state index in [1.165, 1.54) is 15.9 Å². The van der Waals surface area contributed by atoms with Crippen molar-refractivity contribution in [3.63, 3.8) is 0 Å². The van der Waals surface area contributed by atoms with Gasteiger partial charge < -0.3 is 9.53 Å². The molecule has 0 saturated heterocycles. The van der Waals surface area contributed by atoms with E-state index in [2.05, 4.69) is 100 Å². The first-order valence-corrected chi connectivity index (χ1v) is 11.8. The van der Waals surface area contributed by atoms with E-state index in [9.17, 15) is 5.11 Å². The maximum Gasteiger partial charge on any atom is 0.261 e. The summed E-state index contributed by atoms with van der Waals surface area (Å²) in [6.45, 7) is 9.44. The molecule has 0 aliphatic rings. The Morgan fingerprint density at radius 1 is 1.07 bits per heavy atom. The van der Waals surface area contributed by atoms with Gasteiger partial charge in [0.05, 0.1) is 6.61 Å². The van der Waals surface area contributed by atoms with Crippen LogP contribution in [0.5, 0.6) is 0 Å². The lowest BCUT2D eigenvalue weighted by atomic mass is 10.1. The maximum absolute atomic E-state index is 9.58. The molecule has 1 atom stereocenters. The van der Waals surface area contributed by atoms with Gasteiger partial charge in [0.15, 0.2) is 0 Å². The Morgan fingerprint density at radius 2 is 1.57 bits per heavy atom. The summed E-state index contributed by atoms with van der Waals surface area (Å²) in [6, 6.07) is 21.3. The molecule has 0 heterocycles. The summed E-state index contributed by atoms with van der Waals surface area (Å²) < 4.78 is 6.83. The zero-order valence-corrected chi connectivity index (χ0v) is 18.5. The number of hydrogen-bond acceptors (Lipinski definition) is 2. The smallest absolute Gasteiger partial charge is 0.261 e. The molecule has 1 N–H and O–H groups in total. The summed E-state index contributed by atoms with van der Waals surface area (Å²) in [5.41, 5.74) is 1.19. The van der Waals surface area contributed by atoms with E-state index in [0.29, 0.717) is 13.0 Å². The van der Waals surface area contributed by atoms with E-state index in [-0.39, 0.29) is 5.04 Å². The quantitative estimate of drug-likeness (QED) is 0.413. The second-order valence-electron chi connectivity index (χ2n) is 8.25. The normalized spacial score (nSPS) is 13.8. The third-order valence-electron chi connectivity index (χ3n) is 5.15. The van der Waals surface area contributed by atoms with Crippen molar-refractivity contribution in [2.75, 3.05) is 6.61 Å². The molecule has 3 heteroatoms. The van der Waals surface area contributed by atoms with Crippen LogP contribution < -0.4 is 10.4 Å². The van der Waals surface area contributed by atoms with Crippen molar-refractivity contribution in [2.45, 2.75) is 51.7 Å². The molecule has 28 heavy (non-hydrogen) atoms. The van der Waals surface area contributed by atoms with E-state index in [0.717, 1.165) is 6.42 Å². The molecule has 2 rings (SSSR count). The molecule has 0 spiro atoms. The standard InChI is InChI=1S/C25H32O2Si/c1-6-22(26)18-17-21(2)19-20-27-28(25(3,4)5,23-13-9-7-10-14-23)24-15-11-8-12-16-24/h1,7-16,19,22,26H,17-18,20H2,2-5H3/b21-19+/t22-/m1/s1. The molecule has 0 aliphatic heterocycles. The van der Waals surface area contributed by atoms with E-state index < -0.39 is 14.4 Å². The molecule has 0 aliphatic carbocycles. The van der Waals surface area contributed by atoms with Crippen molar-refractivity contribution in [3.8, 4) is 12.3 Å². The second kappa shape index (κ2) is 9.89. The first-order valence-electron chi connectivity index (χ1n) is 9.86. The Balaban J connectivity index is 2.36. The second-order valence-corrected chi connectivity index (χ2v) is 12.6. The molecule has 148 valence electrons. The van der Waals surface area contributed by atoms with Crippen LogP contribution in [0, 0.1) is 12.3 Å². The predicted molar refractivity (Wildman–Crippen MR) is 121 cm³/mol. The van der Waals surface area contributed by atoms with Crippen molar-refractivity contribution in [2.24, 2.45) is 0 Å². The number of aliphatic hydroxyl groups is 1. The van der Waals surface area contributed by atoms with Crippen LogP contribution in [-0.2, 0) is 4.43 Å². The summed E-state index contributed by atoms with van der Waals surface area (Å²) in [6.07, 6.45) is 8.06. The van der Waals surface area contributed by atoms with Gasteiger partial charge in [0.1, 0.15) is 6.10 Å². The lowest BCUT2D eigenvalue weighted by Gasteiger charge is -2.42. The first-order chi connectivity index (χ1) is 13.3. The van der Waals surface area contributed by atoms with E-state index in [1.807, 2.05) is 0 Å². The van der Waals surface area contributed by atoms with Gasteiger partial charge in [0.2, 0.25) is 0 Å². The highest BCUT2D eigenvalue weighted by Gasteiger charge is 2.49. The fourth-order valence-corrected chi connectivity index (χ4v) is 8.11. The summed E-state index contributed by atoms with van der Waals surface area (Å²) in [7, 11) is -2.49. The van der Waals surface area contributed by atoms with Crippen LogP contribution in [-0.4, -0.2) is 26.1 Å². The minimum Gasteiger partial charge on any atom is -0.404 e. The van der Waals surface area contributed by atoms with Crippen LogP contribution >= 0.6 is 0 Å². The predicted octanol–water partition coefficient (Wildman–Crippen LogP) is 4.28. The van der Waals surface area contributed by atoms with Crippen molar-refractivity contribution >= 4 is 18.7 Å². The molecule has 0 fully saturated rings. The average molecular weight is 393 g/mol. The fourth-order valence-electron chi connectivity index (χ4n) is 3.62. The van der Waals surface area contributed by atoms with E-state index >= 15 is 0 Å². The molecule has 2 aromatic rings. The monoisotopic (exact) mass is 392 g/mol.